The Morgan fingerprint density at radius 2 is 2.24 bits per heavy atom. The molecule has 110 valence electrons. The Hall–Kier alpha value is -2.44. The second-order valence-corrected chi connectivity index (χ2v) is 4.98. The van der Waals surface area contributed by atoms with E-state index in [1.54, 1.807) is 22.9 Å². The van der Waals surface area contributed by atoms with Crippen molar-refractivity contribution in [2.24, 2.45) is 7.05 Å². The minimum absolute atomic E-state index is 0.101. The third-order valence-corrected chi connectivity index (χ3v) is 3.70. The Morgan fingerprint density at radius 3 is 2.95 bits per heavy atom. The third-order valence-electron chi connectivity index (χ3n) is 3.70. The van der Waals surface area contributed by atoms with Gasteiger partial charge in [-0.15, -0.1) is 5.10 Å². The molecule has 7 heteroatoms. The summed E-state index contributed by atoms with van der Waals surface area (Å²) in [5, 5.41) is 4.35. The summed E-state index contributed by atoms with van der Waals surface area (Å²) < 4.78 is 7.10. The molecule has 3 heterocycles. The van der Waals surface area contributed by atoms with Gasteiger partial charge >= 0.3 is 0 Å². The molecule has 0 unspecified atom stereocenters. The SMILES string of the molecule is COc1nn(C)c2c1CCCN(C(=O)c1cnccn1)C2. The maximum atomic E-state index is 12.5. The Bertz CT molecular complexity index is 653. The number of carbonyl (C=O) groups is 1. The van der Waals surface area contributed by atoms with E-state index >= 15 is 0 Å². The van der Waals surface area contributed by atoms with E-state index in [-0.39, 0.29) is 5.91 Å². The summed E-state index contributed by atoms with van der Waals surface area (Å²) in [6, 6.07) is 0. The van der Waals surface area contributed by atoms with Crippen LogP contribution in [0.3, 0.4) is 0 Å². The van der Waals surface area contributed by atoms with Gasteiger partial charge in [0.05, 0.1) is 25.5 Å². The van der Waals surface area contributed by atoms with E-state index in [1.165, 1.54) is 12.4 Å². The van der Waals surface area contributed by atoms with Gasteiger partial charge in [-0.1, -0.05) is 0 Å². The molecule has 0 saturated carbocycles. The summed E-state index contributed by atoms with van der Waals surface area (Å²) in [5.74, 6) is 0.553. The molecule has 2 aromatic heterocycles. The van der Waals surface area contributed by atoms with E-state index in [0.29, 0.717) is 24.7 Å². The Kier molecular flexibility index (Phi) is 3.55. The Morgan fingerprint density at radius 1 is 1.38 bits per heavy atom. The fourth-order valence-corrected chi connectivity index (χ4v) is 2.64. The van der Waals surface area contributed by atoms with Gasteiger partial charge in [-0.25, -0.2) is 4.98 Å². The molecule has 0 atom stereocenters. The topological polar surface area (TPSA) is 73.1 Å². The highest BCUT2D eigenvalue weighted by atomic mass is 16.5. The largest absolute Gasteiger partial charge is 0.480 e. The van der Waals surface area contributed by atoms with Gasteiger partial charge in [0.2, 0.25) is 5.88 Å². The number of hydrogen-bond acceptors (Lipinski definition) is 5. The summed E-state index contributed by atoms with van der Waals surface area (Å²) in [4.78, 5) is 22.3. The van der Waals surface area contributed by atoms with Crippen molar-refractivity contribution >= 4 is 5.91 Å². The third kappa shape index (κ3) is 2.46. The molecule has 0 aliphatic carbocycles. The first-order valence-corrected chi connectivity index (χ1v) is 6.84. The van der Waals surface area contributed by atoms with E-state index in [1.807, 2.05) is 7.05 Å². The van der Waals surface area contributed by atoms with E-state index < -0.39 is 0 Å². The van der Waals surface area contributed by atoms with Crippen LogP contribution in [0.5, 0.6) is 5.88 Å². The van der Waals surface area contributed by atoms with E-state index in [4.69, 9.17) is 4.74 Å². The van der Waals surface area contributed by atoms with Crippen LogP contribution >= 0.6 is 0 Å². The van der Waals surface area contributed by atoms with E-state index in [0.717, 1.165) is 24.1 Å². The van der Waals surface area contributed by atoms with Crippen molar-refractivity contribution in [3.8, 4) is 5.88 Å². The Balaban J connectivity index is 1.89. The van der Waals surface area contributed by atoms with Crippen molar-refractivity contribution < 1.29 is 9.53 Å². The highest BCUT2D eigenvalue weighted by Gasteiger charge is 2.26. The van der Waals surface area contributed by atoms with Crippen LogP contribution in [0.2, 0.25) is 0 Å². The summed E-state index contributed by atoms with van der Waals surface area (Å²) in [6.45, 7) is 1.20. The molecule has 1 aliphatic heterocycles. The molecule has 1 amide bonds. The van der Waals surface area contributed by atoms with Crippen molar-refractivity contribution in [1.82, 2.24) is 24.6 Å². The first-order chi connectivity index (χ1) is 10.2. The van der Waals surface area contributed by atoms with Gasteiger partial charge in [0.1, 0.15) is 5.69 Å². The molecule has 0 aromatic carbocycles. The van der Waals surface area contributed by atoms with Gasteiger partial charge in [0.25, 0.3) is 5.91 Å². The van der Waals surface area contributed by atoms with Crippen LogP contribution in [-0.2, 0) is 20.0 Å². The molecule has 0 spiro atoms. The number of methoxy groups -OCH3 is 1. The average Bonchev–Trinajstić information content (AvgIpc) is 2.70. The number of ether oxygens (including phenoxy) is 1. The molecule has 0 fully saturated rings. The van der Waals surface area contributed by atoms with Crippen LogP contribution in [0.25, 0.3) is 0 Å². The highest BCUT2D eigenvalue weighted by Crippen LogP contribution is 2.26. The first kappa shape index (κ1) is 13.5. The van der Waals surface area contributed by atoms with Gasteiger partial charge < -0.3 is 9.64 Å². The zero-order chi connectivity index (χ0) is 14.8. The molecule has 0 bridgehead atoms. The highest BCUT2D eigenvalue weighted by molar-refractivity contribution is 5.91. The zero-order valence-electron chi connectivity index (χ0n) is 12.1. The molecule has 0 radical (unpaired) electrons. The summed E-state index contributed by atoms with van der Waals surface area (Å²) in [7, 11) is 3.49. The minimum atomic E-state index is -0.101. The van der Waals surface area contributed by atoms with Gasteiger partial charge in [0, 0.05) is 31.5 Å². The predicted molar refractivity (Wildman–Crippen MR) is 74.9 cm³/mol. The molecule has 0 N–H and O–H groups in total. The van der Waals surface area contributed by atoms with Crippen molar-refractivity contribution in [1.29, 1.82) is 0 Å². The maximum Gasteiger partial charge on any atom is 0.274 e. The van der Waals surface area contributed by atoms with Gasteiger partial charge in [-0.05, 0) is 12.8 Å². The number of nitrogens with zero attached hydrogens (tertiary/aromatic N) is 5. The smallest absolute Gasteiger partial charge is 0.274 e. The number of rotatable bonds is 2. The monoisotopic (exact) mass is 287 g/mol. The lowest BCUT2D eigenvalue weighted by Crippen LogP contribution is -2.32. The van der Waals surface area contributed by atoms with Crippen molar-refractivity contribution in [2.75, 3.05) is 13.7 Å². The van der Waals surface area contributed by atoms with Crippen molar-refractivity contribution in [3.63, 3.8) is 0 Å². The number of carbonyl (C=O) groups excluding carboxylic acids is 1. The lowest BCUT2D eigenvalue weighted by atomic mass is 10.1. The average molecular weight is 287 g/mol. The minimum Gasteiger partial charge on any atom is -0.480 e. The predicted octanol–water partition coefficient (Wildman–Crippen LogP) is 0.807. The van der Waals surface area contributed by atoms with Crippen molar-refractivity contribution in [2.45, 2.75) is 19.4 Å². The molecule has 7 nitrogen and oxygen atoms in total. The van der Waals surface area contributed by atoms with Crippen LogP contribution in [-0.4, -0.2) is 44.2 Å². The van der Waals surface area contributed by atoms with Crippen LogP contribution in [0.4, 0.5) is 0 Å². The van der Waals surface area contributed by atoms with Crippen LogP contribution in [0.15, 0.2) is 18.6 Å². The summed E-state index contributed by atoms with van der Waals surface area (Å²) >= 11 is 0. The molecular weight excluding hydrogens is 270 g/mol. The number of amides is 1. The molecule has 1 aliphatic rings. The summed E-state index contributed by atoms with van der Waals surface area (Å²) in [6.07, 6.45) is 6.32. The molecule has 3 rings (SSSR count). The lowest BCUT2D eigenvalue weighted by molar-refractivity contribution is 0.0736. The first-order valence-electron chi connectivity index (χ1n) is 6.84. The second-order valence-electron chi connectivity index (χ2n) is 4.98. The van der Waals surface area contributed by atoms with Crippen LogP contribution in [0, 0.1) is 0 Å². The van der Waals surface area contributed by atoms with E-state index in [9.17, 15) is 4.79 Å². The van der Waals surface area contributed by atoms with Gasteiger partial charge in [-0.2, -0.15) is 0 Å². The number of hydrogen-bond donors (Lipinski definition) is 0. The molecule has 0 saturated heterocycles. The van der Waals surface area contributed by atoms with E-state index in [2.05, 4.69) is 15.1 Å². The normalized spacial score (nSPS) is 14.5. The second kappa shape index (κ2) is 5.51. The molecular formula is C14H17N5O2. The standard InChI is InChI=1S/C14H17N5O2/c1-18-12-9-19(14(20)11-8-15-5-6-16-11)7-3-4-10(12)13(17-18)21-2/h5-6,8H,3-4,7,9H2,1-2H3. The number of aryl methyl sites for hydroxylation is 1. The zero-order valence-corrected chi connectivity index (χ0v) is 12.1. The lowest BCUT2D eigenvalue weighted by Gasteiger charge is -2.20. The number of aromatic nitrogens is 4. The van der Waals surface area contributed by atoms with Crippen LogP contribution in [0.1, 0.15) is 28.2 Å². The molecule has 21 heavy (non-hydrogen) atoms. The fourth-order valence-electron chi connectivity index (χ4n) is 2.64. The Labute approximate surface area is 122 Å². The van der Waals surface area contributed by atoms with Gasteiger partial charge in [-0.3, -0.25) is 14.5 Å². The van der Waals surface area contributed by atoms with Crippen LogP contribution < -0.4 is 4.74 Å². The summed E-state index contributed by atoms with van der Waals surface area (Å²) in [5.41, 5.74) is 2.48. The quantitative estimate of drug-likeness (QED) is 0.817. The van der Waals surface area contributed by atoms with Crippen molar-refractivity contribution in [3.05, 3.63) is 35.5 Å². The maximum absolute atomic E-state index is 12.5. The molecule has 2 aromatic rings. The number of fused-ring (bicyclic) bond motifs is 1. The fraction of sp³-hybridized carbons (Fsp3) is 0.429. The van der Waals surface area contributed by atoms with Gasteiger partial charge in [0.15, 0.2) is 0 Å².